The largest absolute Gasteiger partial charge is 0.494 e. The SMILES string of the molecule is CCCCOc1ccccc1NCCNc1ccc(OCC)cc1. The van der Waals surface area contributed by atoms with Gasteiger partial charge in [-0.1, -0.05) is 25.5 Å². The van der Waals surface area contributed by atoms with Gasteiger partial charge in [0.2, 0.25) is 0 Å². The van der Waals surface area contributed by atoms with E-state index < -0.39 is 0 Å². The molecule has 0 saturated carbocycles. The summed E-state index contributed by atoms with van der Waals surface area (Å²) in [6, 6.07) is 16.1. The molecule has 0 radical (unpaired) electrons. The van der Waals surface area contributed by atoms with Gasteiger partial charge < -0.3 is 20.1 Å². The number of para-hydroxylation sites is 2. The predicted octanol–water partition coefficient (Wildman–Crippen LogP) is 4.79. The molecule has 2 aromatic rings. The number of nitrogens with one attached hydrogen (secondary N) is 2. The molecule has 0 unspecified atom stereocenters. The molecule has 0 heterocycles. The molecule has 0 saturated heterocycles. The number of rotatable bonds is 11. The third-order valence-electron chi connectivity index (χ3n) is 3.58. The molecule has 0 aliphatic rings. The standard InChI is InChI=1S/C20H28N2O2/c1-3-5-16-24-20-9-7-6-8-19(20)22-15-14-21-17-10-12-18(13-11-17)23-4-2/h6-13,21-22H,3-5,14-16H2,1-2H3. The molecular weight excluding hydrogens is 300 g/mol. The summed E-state index contributed by atoms with van der Waals surface area (Å²) in [5, 5.41) is 6.83. The maximum Gasteiger partial charge on any atom is 0.142 e. The molecule has 24 heavy (non-hydrogen) atoms. The number of ether oxygens (including phenoxy) is 2. The normalized spacial score (nSPS) is 10.2. The van der Waals surface area contributed by atoms with Crippen LogP contribution in [0.1, 0.15) is 26.7 Å². The minimum Gasteiger partial charge on any atom is -0.494 e. The second kappa shape index (κ2) is 10.4. The molecule has 0 fully saturated rings. The Hall–Kier alpha value is -2.36. The van der Waals surface area contributed by atoms with Gasteiger partial charge in [-0.3, -0.25) is 0 Å². The van der Waals surface area contributed by atoms with E-state index >= 15 is 0 Å². The van der Waals surface area contributed by atoms with E-state index in [1.807, 2.05) is 49.4 Å². The van der Waals surface area contributed by atoms with Gasteiger partial charge in [-0.15, -0.1) is 0 Å². The van der Waals surface area contributed by atoms with Gasteiger partial charge in [0.1, 0.15) is 11.5 Å². The fraction of sp³-hybridized carbons (Fsp3) is 0.400. The molecule has 130 valence electrons. The van der Waals surface area contributed by atoms with E-state index in [2.05, 4.69) is 23.6 Å². The van der Waals surface area contributed by atoms with E-state index in [9.17, 15) is 0 Å². The summed E-state index contributed by atoms with van der Waals surface area (Å²) in [6.45, 7) is 7.26. The Labute approximate surface area is 145 Å². The zero-order chi connectivity index (χ0) is 17.0. The van der Waals surface area contributed by atoms with Gasteiger partial charge in [-0.2, -0.15) is 0 Å². The first-order valence-corrected chi connectivity index (χ1v) is 8.76. The maximum absolute atomic E-state index is 5.83. The Morgan fingerprint density at radius 2 is 1.58 bits per heavy atom. The average Bonchev–Trinajstić information content (AvgIpc) is 2.62. The molecule has 4 heteroatoms. The van der Waals surface area contributed by atoms with Crippen LogP contribution in [0.2, 0.25) is 0 Å². The van der Waals surface area contributed by atoms with Crippen molar-refractivity contribution in [1.82, 2.24) is 0 Å². The predicted molar refractivity (Wildman–Crippen MR) is 101 cm³/mol. The number of benzene rings is 2. The molecule has 0 spiro atoms. The van der Waals surface area contributed by atoms with Crippen LogP contribution in [-0.4, -0.2) is 26.3 Å². The summed E-state index contributed by atoms with van der Waals surface area (Å²) in [4.78, 5) is 0. The van der Waals surface area contributed by atoms with Gasteiger partial charge in [0, 0.05) is 18.8 Å². The molecule has 0 bridgehead atoms. The first-order chi connectivity index (χ1) is 11.8. The minimum absolute atomic E-state index is 0.691. The van der Waals surface area contributed by atoms with Crippen LogP contribution in [0.4, 0.5) is 11.4 Å². The van der Waals surface area contributed by atoms with Crippen LogP contribution in [0.15, 0.2) is 48.5 Å². The van der Waals surface area contributed by atoms with E-state index in [1.165, 1.54) is 0 Å². The van der Waals surface area contributed by atoms with Crippen molar-refractivity contribution in [3.63, 3.8) is 0 Å². The summed E-state index contributed by atoms with van der Waals surface area (Å²) >= 11 is 0. The van der Waals surface area contributed by atoms with Gasteiger partial charge in [0.05, 0.1) is 18.9 Å². The lowest BCUT2D eigenvalue weighted by molar-refractivity contribution is 0.311. The smallest absolute Gasteiger partial charge is 0.142 e. The highest BCUT2D eigenvalue weighted by atomic mass is 16.5. The Morgan fingerprint density at radius 1 is 0.833 bits per heavy atom. The third-order valence-corrected chi connectivity index (χ3v) is 3.58. The number of unbranched alkanes of at least 4 members (excludes halogenated alkanes) is 1. The molecule has 0 atom stereocenters. The number of hydrogen-bond acceptors (Lipinski definition) is 4. The number of hydrogen-bond donors (Lipinski definition) is 2. The fourth-order valence-corrected chi connectivity index (χ4v) is 2.30. The van der Waals surface area contributed by atoms with Crippen molar-refractivity contribution in [2.75, 3.05) is 36.9 Å². The van der Waals surface area contributed by atoms with E-state index in [1.54, 1.807) is 0 Å². The minimum atomic E-state index is 0.691. The molecule has 2 rings (SSSR count). The van der Waals surface area contributed by atoms with Crippen LogP contribution in [-0.2, 0) is 0 Å². The van der Waals surface area contributed by atoms with Gasteiger partial charge in [0.15, 0.2) is 0 Å². The summed E-state index contributed by atoms with van der Waals surface area (Å²) in [5.41, 5.74) is 2.13. The Balaban J connectivity index is 1.75. The van der Waals surface area contributed by atoms with Crippen molar-refractivity contribution in [3.05, 3.63) is 48.5 Å². The first-order valence-electron chi connectivity index (χ1n) is 8.76. The van der Waals surface area contributed by atoms with Gasteiger partial charge in [0.25, 0.3) is 0 Å². The summed E-state index contributed by atoms with van der Waals surface area (Å²) < 4.78 is 11.3. The third kappa shape index (κ3) is 6.03. The molecule has 2 aromatic carbocycles. The summed E-state index contributed by atoms with van der Waals surface area (Å²) in [7, 11) is 0. The second-order valence-electron chi connectivity index (χ2n) is 5.51. The Bertz CT molecular complexity index is 584. The lowest BCUT2D eigenvalue weighted by Gasteiger charge is -2.14. The Morgan fingerprint density at radius 3 is 2.33 bits per heavy atom. The molecule has 0 aliphatic carbocycles. The highest BCUT2D eigenvalue weighted by Gasteiger charge is 2.02. The monoisotopic (exact) mass is 328 g/mol. The highest BCUT2D eigenvalue weighted by Crippen LogP contribution is 2.23. The van der Waals surface area contributed by atoms with E-state index in [-0.39, 0.29) is 0 Å². The van der Waals surface area contributed by atoms with Crippen LogP contribution in [0.3, 0.4) is 0 Å². The van der Waals surface area contributed by atoms with Gasteiger partial charge in [-0.25, -0.2) is 0 Å². The van der Waals surface area contributed by atoms with Crippen molar-refractivity contribution in [1.29, 1.82) is 0 Å². The maximum atomic E-state index is 5.83. The summed E-state index contributed by atoms with van der Waals surface area (Å²) in [6.07, 6.45) is 2.22. The van der Waals surface area contributed by atoms with Crippen LogP contribution >= 0.6 is 0 Å². The van der Waals surface area contributed by atoms with Crippen molar-refractivity contribution >= 4 is 11.4 Å². The van der Waals surface area contributed by atoms with Crippen LogP contribution in [0.25, 0.3) is 0 Å². The quantitative estimate of drug-likeness (QED) is 0.582. The van der Waals surface area contributed by atoms with Crippen molar-refractivity contribution in [2.24, 2.45) is 0 Å². The zero-order valence-electron chi connectivity index (χ0n) is 14.7. The summed E-state index contributed by atoms with van der Waals surface area (Å²) in [5.74, 6) is 1.83. The molecule has 0 aromatic heterocycles. The average molecular weight is 328 g/mol. The topological polar surface area (TPSA) is 42.5 Å². The second-order valence-corrected chi connectivity index (χ2v) is 5.51. The molecular formula is C20H28N2O2. The van der Waals surface area contributed by atoms with Gasteiger partial charge >= 0.3 is 0 Å². The van der Waals surface area contributed by atoms with E-state index in [0.29, 0.717) is 6.61 Å². The molecule has 2 N–H and O–H groups in total. The van der Waals surface area contributed by atoms with E-state index in [0.717, 1.165) is 55.4 Å². The molecule has 0 amide bonds. The van der Waals surface area contributed by atoms with Crippen LogP contribution in [0.5, 0.6) is 11.5 Å². The lowest BCUT2D eigenvalue weighted by Crippen LogP contribution is -2.14. The van der Waals surface area contributed by atoms with Crippen molar-refractivity contribution in [3.8, 4) is 11.5 Å². The van der Waals surface area contributed by atoms with Crippen LogP contribution in [0, 0.1) is 0 Å². The van der Waals surface area contributed by atoms with Crippen LogP contribution < -0.4 is 20.1 Å². The zero-order valence-corrected chi connectivity index (χ0v) is 14.7. The highest BCUT2D eigenvalue weighted by molar-refractivity contribution is 5.56. The fourth-order valence-electron chi connectivity index (χ4n) is 2.30. The first kappa shape index (κ1) is 18.0. The Kier molecular flexibility index (Phi) is 7.81. The lowest BCUT2D eigenvalue weighted by atomic mass is 10.3. The molecule has 4 nitrogen and oxygen atoms in total. The van der Waals surface area contributed by atoms with Crippen molar-refractivity contribution in [2.45, 2.75) is 26.7 Å². The van der Waals surface area contributed by atoms with Gasteiger partial charge in [-0.05, 0) is 49.7 Å². The van der Waals surface area contributed by atoms with E-state index in [4.69, 9.17) is 9.47 Å². The van der Waals surface area contributed by atoms with Crippen molar-refractivity contribution < 1.29 is 9.47 Å². The molecule has 0 aliphatic heterocycles. The number of anilines is 2.